The predicted octanol–water partition coefficient (Wildman–Crippen LogP) is 3.27. The van der Waals surface area contributed by atoms with Gasteiger partial charge in [0.1, 0.15) is 0 Å². The van der Waals surface area contributed by atoms with Crippen molar-refractivity contribution >= 4 is 33.6 Å². The van der Waals surface area contributed by atoms with Crippen LogP contribution in [0.4, 0.5) is 10.5 Å². The molecular formula is C14H17BrN2O3. The number of carboxylic acids is 1. The first-order valence-electron chi connectivity index (χ1n) is 6.43. The van der Waals surface area contributed by atoms with Crippen molar-refractivity contribution < 1.29 is 14.7 Å². The summed E-state index contributed by atoms with van der Waals surface area (Å²) in [5, 5.41) is 11.7. The number of hydrogen-bond acceptors (Lipinski definition) is 2. The molecule has 20 heavy (non-hydrogen) atoms. The molecule has 1 aromatic rings. The van der Waals surface area contributed by atoms with Crippen LogP contribution in [0.3, 0.4) is 0 Å². The number of anilines is 1. The minimum atomic E-state index is -1.03. The van der Waals surface area contributed by atoms with E-state index in [0.717, 1.165) is 13.0 Å². The predicted molar refractivity (Wildman–Crippen MR) is 80.0 cm³/mol. The van der Waals surface area contributed by atoms with Gasteiger partial charge in [0.15, 0.2) is 0 Å². The van der Waals surface area contributed by atoms with Crippen molar-refractivity contribution in [3.05, 3.63) is 28.2 Å². The number of urea groups is 1. The molecule has 2 amide bonds. The molecular weight excluding hydrogens is 324 g/mol. The highest BCUT2D eigenvalue weighted by molar-refractivity contribution is 9.10. The number of nitrogens with one attached hydrogen (secondary N) is 1. The fourth-order valence-electron chi connectivity index (χ4n) is 2.09. The molecule has 0 aromatic heterocycles. The quantitative estimate of drug-likeness (QED) is 0.883. The summed E-state index contributed by atoms with van der Waals surface area (Å²) in [6, 6.07) is 4.39. The lowest BCUT2D eigenvalue weighted by atomic mass is 10.2. The van der Waals surface area contributed by atoms with Crippen LogP contribution < -0.4 is 5.32 Å². The zero-order valence-electron chi connectivity index (χ0n) is 11.4. The van der Waals surface area contributed by atoms with E-state index in [1.165, 1.54) is 12.1 Å². The van der Waals surface area contributed by atoms with Gasteiger partial charge in [-0.25, -0.2) is 9.59 Å². The molecule has 1 aliphatic carbocycles. The van der Waals surface area contributed by atoms with E-state index < -0.39 is 5.97 Å². The first-order valence-corrected chi connectivity index (χ1v) is 7.22. The van der Waals surface area contributed by atoms with E-state index >= 15 is 0 Å². The molecule has 1 fully saturated rings. The van der Waals surface area contributed by atoms with Crippen LogP contribution in [0.5, 0.6) is 0 Å². The average molecular weight is 341 g/mol. The van der Waals surface area contributed by atoms with Gasteiger partial charge in [0.25, 0.3) is 0 Å². The van der Waals surface area contributed by atoms with E-state index in [1.54, 1.807) is 18.0 Å². The fraction of sp³-hybridized carbons (Fsp3) is 0.429. The Balaban J connectivity index is 2.01. The second kappa shape index (κ2) is 5.83. The Bertz CT molecular complexity index is 547. The number of nitrogens with zero attached hydrogens (tertiary/aromatic N) is 1. The van der Waals surface area contributed by atoms with Crippen molar-refractivity contribution in [2.45, 2.75) is 13.3 Å². The first kappa shape index (κ1) is 14.8. The zero-order valence-corrected chi connectivity index (χ0v) is 13.0. The normalized spacial score (nSPS) is 20.4. The molecule has 108 valence electrons. The Morgan fingerprint density at radius 2 is 2.10 bits per heavy atom. The molecule has 1 aliphatic rings. The molecule has 1 saturated carbocycles. The van der Waals surface area contributed by atoms with Crippen LogP contribution in [0.25, 0.3) is 0 Å². The second-order valence-electron chi connectivity index (χ2n) is 5.32. The number of halogens is 1. The molecule has 2 atom stereocenters. The smallest absolute Gasteiger partial charge is 0.335 e. The summed E-state index contributed by atoms with van der Waals surface area (Å²) in [6.07, 6.45) is 1.16. The Hall–Kier alpha value is -1.56. The van der Waals surface area contributed by atoms with Gasteiger partial charge >= 0.3 is 12.0 Å². The molecule has 2 rings (SSSR count). The summed E-state index contributed by atoms with van der Waals surface area (Å²) >= 11 is 3.24. The molecule has 2 unspecified atom stereocenters. The Kier molecular flexibility index (Phi) is 4.32. The summed E-state index contributed by atoms with van der Waals surface area (Å²) in [4.78, 5) is 24.6. The lowest BCUT2D eigenvalue weighted by Crippen LogP contribution is -2.33. The van der Waals surface area contributed by atoms with Gasteiger partial charge in [-0.2, -0.15) is 0 Å². The summed E-state index contributed by atoms with van der Waals surface area (Å²) in [5.74, 6) is 0.250. The van der Waals surface area contributed by atoms with Crippen molar-refractivity contribution in [2.24, 2.45) is 11.8 Å². The summed E-state index contributed by atoms with van der Waals surface area (Å²) in [5.41, 5.74) is 0.602. The Morgan fingerprint density at radius 3 is 2.65 bits per heavy atom. The highest BCUT2D eigenvalue weighted by Gasteiger charge is 2.34. The molecule has 0 aliphatic heterocycles. The van der Waals surface area contributed by atoms with E-state index in [4.69, 9.17) is 5.11 Å². The fourth-order valence-corrected chi connectivity index (χ4v) is 2.59. The highest BCUT2D eigenvalue weighted by Crippen LogP contribution is 2.38. The third-order valence-corrected chi connectivity index (χ3v) is 3.99. The maximum absolute atomic E-state index is 12.0. The zero-order chi connectivity index (χ0) is 14.9. The molecule has 2 N–H and O–H groups in total. The number of carboxylic acid groups (broad SMARTS) is 1. The third-order valence-electron chi connectivity index (χ3n) is 3.53. The maximum atomic E-state index is 12.0. The van der Waals surface area contributed by atoms with E-state index in [0.29, 0.717) is 22.0 Å². The van der Waals surface area contributed by atoms with Gasteiger partial charge in [0, 0.05) is 23.8 Å². The molecule has 6 heteroatoms. The summed E-state index contributed by atoms with van der Waals surface area (Å²) in [6.45, 7) is 2.90. The summed E-state index contributed by atoms with van der Waals surface area (Å²) < 4.78 is 0.617. The van der Waals surface area contributed by atoms with Gasteiger partial charge < -0.3 is 15.3 Å². The monoisotopic (exact) mass is 340 g/mol. The number of carbonyl (C=O) groups is 2. The maximum Gasteiger partial charge on any atom is 0.335 e. The minimum absolute atomic E-state index is 0.133. The van der Waals surface area contributed by atoms with Crippen molar-refractivity contribution in [1.82, 2.24) is 4.90 Å². The van der Waals surface area contributed by atoms with Crippen LogP contribution in [-0.4, -0.2) is 35.6 Å². The van der Waals surface area contributed by atoms with Crippen LogP contribution in [0.1, 0.15) is 23.7 Å². The van der Waals surface area contributed by atoms with Crippen LogP contribution in [0.15, 0.2) is 22.7 Å². The lowest BCUT2D eigenvalue weighted by Gasteiger charge is -2.18. The van der Waals surface area contributed by atoms with Crippen LogP contribution in [0, 0.1) is 11.8 Å². The van der Waals surface area contributed by atoms with E-state index in [2.05, 4.69) is 28.2 Å². The van der Waals surface area contributed by atoms with E-state index in [1.807, 2.05) is 0 Å². The van der Waals surface area contributed by atoms with E-state index in [9.17, 15) is 9.59 Å². The molecule has 0 radical (unpaired) electrons. The van der Waals surface area contributed by atoms with Crippen molar-refractivity contribution in [1.29, 1.82) is 0 Å². The van der Waals surface area contributed by atoms with Gasteiger partial charge in [-0.05, 0) is 36.5 Å². The van der Waals surface area contributed by atoms with Gasteiger partial charge in [0.2, 0.25) is 0 Å². The van der Waals surface area contributed by atoms with Crippen molar-refractivity contribution in [3.63, 3.8) is 0 Å². The van der Waals surface area contributed by atoms with Gasteiger partial charge in [-0.1, -0.05) is 22.9 Å². The minimum Gasteiger partial charge on any atom is -0.478 e. The molecule has 0 heterocycles. The molecule has 0 spiro atoms. The van der Waals surface area contributed by atoms with E-state index in [-0.39, 0.29) is 11.6 Å². The largest absolute Gasteiger partial charge is 0.478 e. The molecule has 0 bridgehead atoms. The number of hydrogen-bond donors (Lipinski definition) is 2. The van der Waals surface area contributed by atoms with Gasteiger partial charge in [-0.15, -0.1) is 0 Å². The standard InChI is InChI=1S/C14H17BrN2O3/c1-8-3-10(8)7-17(2)14(20)16-12-5-9(13(18)19)4-11(15)6-12/h4-6,8,10H,3,7H2,1-2H3,(H,16,20)(H,18,19). The van der Waals surface area contributed by atoms with Crippen LogP contribution >= 0.6 is 15.9 Å². The lowest BCUT2D eigenvalue weighted by molar-refractivity contribution is 0.0697. The van der Waals surface area contributed by atoms with Crippen molar-refractivity contribution in [3.8, 4) is 0 Å². The van der Waals surface area contributed by atoms with Gasteiger partial charge in [-0.3, -0.25) is 0 Å². The number of amides is 2. The average Bonchev–Trinajstić information content (AvgIpc) is 3.03. The number of benzene rings is 1. The SMILES string of the molecule is CC1CC1CN(C)C(=O)Nc1cc(Br)cc(C(=O)O)c1. The topological polar surface area (TPSA) is 69.6 Å². The first-order chi connectivity index (χ1) is 9.36. The van der Waals surface area contributed by atoms with Crippen molar-refractivity contribution in [2.75, 3.05) is 18.9 Å². The molecule has 0 saturated heterocycles. The molecule has 1 aromatic carbocycles. The number of aromatic carboxylic acids is 1. The second-order valence-corrected chi connectivity index (χ2v) is 6.23. The van der Waals surface area contributed by atoms with Crippen LogP contribution in [-0.2, 0) is 0 Å². The highest BCUT2D eigenvalue weighted by atomic mass is 79.9. The van der Waals surface area contributed by atoms with Gasteiger partial charge in [0.05, 0.1) is 5.56 Å². The summed E-state index contributed by atoms with van der Waals surface area (Å²) in [7, 11) is 1.75. The van der Waals surface area contributed by atoms with Crippen LogP contribution in [0.2, 0.25) is 0 Å². The Labute approximate surface area is 126 Å². The Morgan fingerprint density at radius 1 is 1.45 bits per heavy atom. The third kappa shape index (κ3) is 3.72. The molecule has 5 nitrogen and oxygen atoms in total. The number of carbonyl (C=O) groups excluding carboxylic acids is 1. The number of rotatable bonds is 4.